The molecule has 0 aliphatic rings. The average molecular weight is 247 g/mol. The van der Waals surface area contributed by atoms with Gasteiger partial charge in [0.25, 0.3) is 0 Å². The predicted molar refractivity (Wildman–Crippen MR) is 67.8 cm³/mol. The molecule has 0 spiro atoms. The average Bonchev–Trinajstić information content (AvgIpc) is 2.68. The normalized spacial score (nSPS) is 10.9. The van der Waals surface area contributed by atoms with Gasteiger partial charge < -0.3 is 9.84 Å². The fourth-order valence-electron chi connectivity index (χ4n) is 2.02. The molecule has 2 heterocycles. The Hall–Kier alpha value is -1.72. The van der Waals surface area contributed by atoms with E-state index in [0.29, 0.717) is 12.3 Å². The summed E-state index contributed by atoms with van der Waals surface area (Å²) in [6, 6.07) is 3.96. The molecule has 0 aromatic carbocycles. The fourth-order valence-corrected chi connectivity index (χ4v) is 2.02. The molecule has 2 aromatic rings. The molecule has 0 unspecified atom stereocenters. The first-order valence-corrected chi connectivity index (χ1v) is 5.75. The molecule has 5 nitrogen and oxygen atoms in total. The molecule has 0 amide bonds. The third-order valence-corrected chi connectivity index (χ3v) is 2.85. The van der Waals surface area contributed by atoms with Gasteiger partial charge >= 0.3 is 0 Å². The molecule has 1 N–H and O–H groups in total. The lowest BCUT2D eigenvalue weighted by Crippen LogP contribution is -1.97. The van der Waals surface area contributed by atoms with E-state index in [1.165, 1.54) is 0 Å². The van der Waals surface area contributed by atoms with Crippen molar-refractivity contribution in [2.24, 2.45) is 7.05 Å². The number of aliphatic hydroxyl groups excluding tert-OH is 1. The van der Waals surface area contributed by atoms with E-state index in [0.717, 1.165) is 22.5 Å². The number of pyridine rings is 1. The Morgan fingerprint density at radius 2 is 2.17 bits per heavy atom. The van der Waals surface area contributed by atoms with Crippen LogP contribution in [0.5, 0.6) is 0 Å². The van der Waals surface area contributed by atoms with Gasteiger partial charge in [0.1, 0.15) is 0 Å². The van der Waals surface area contributed by atoms with Crippen molar-refractivity contribution in [3.63, 3.8) is 0 Å². The Balaban J connectivity index is 2.54. The van der Waals surface area contributed by atoms with Crippen LogP contribution in [0.3, 0.4) is 0 Å². The summed E-state index contributed by atoms with van der Waals surface area (Å²) in [4.78, 5) is 4.29. The van der Waals surface area contributed by atoms with Crippen LogP contribution in [-0.4, -0.2) is 27.0 Å². The van der Waals surface area contributed by atoms with E-state index in [-0.39, 0.29) is 6.61 Å². The summed E-state index contributed by atoms with van der Waals surface area (Å²) in [6.07, 6.45) is 1.81. The maximum Gasteiger partial charge on any atom is 0.0940 e. The van der Waals surface area contributed by atoms with Crippen molar-refractivity contribution in [2.75, 3.05) is 7.11 Å². The summed E-state index contributed by atoms with van der Waals surface area (Å²) < 4.78 is 6.94. The molecular weight excluding hydrogens is 230 g/mol. The van der Waals surface area contributed by atoms with Crippen molar-refractivity contribution in [2.45, 2.75) is 20.1 Å². The zero-order chi connectivity index (χ0) is 13.1. The highest BCUT2D eigenvalue weighted by atomic mass is 16.5. The lowest BCUT2D eigenvalue weighted by atomic mass is 10.1. The van der Waals surface area contributed by atoms with Gasteiger partial charge in [-0.3, -0.25) is 9.67 Å². The van der Waals surface area contributed by atoms with Gasteiger partial charge in [-0.15, -0.1) is 0 Å². The van der Waals surface area contributed by atoms with E-state index in [2.05, 4.69) is 10.1 Å². The largest absolute Gasteiger partial charge is 0.390 e. The van der Waals surface area contributed by atoms with Gasteiger partial charge in [-0.05, 0) is 19.1 Å². The van der Waals surface area contributed by atoms with Crippen molar-refractivity contribution in [3.05, 3.63) is 35.3 Å². The molecule has 18 heavy (non-hydrogen) atoms. The first-order chi connectivity index (χ1) is 8.67. The molecule has 0 atom stereocenters. The van der Waals surface area contributed by atoms with Crippen LogP contribution < -0.4 is 0 Å². The van der Waals surface area contributed by atoms with E-state index in [1.54, 1.807) is 11.8 Å². The number of aliphatic hydroxyl groups is 1. The van der Waals surface area contributed by atoms with Crippen LogP contribution in [0, 0.1) is 6.92 Å². The van der Waals surface area contributed by atoms with Gasteiger partial charge in [-0.1, -0.05) is 0 Å². The third-order valence-electron chi connectivity index (χ3n) is 2.85. The van der Waals surface area contributed by atoms with E-state index < -0.39 is 0 Å². The summed E-state index contributed by atoms with van der Waals surface area (Å²) in [6.45, 7) is 2.28. The van der Waals surface area contributed by atoms with Gasteiger partial charge in [0.2, 0.25) is 0 Å². The molecule has 2 rings (SSSR count). The van der Waals surface area contributed by atoms with E-state index in [1.807, 2.05) is 32.3 Å². The standard InChI is InChI=1S/C13H17N3O2/c1-9-4-5-10(6-14-9)13-11(8-18-3)12(7-17)15-16(13)2/h4-6,17H,7-8H2,1-3H3. The van der Waals surface area contributed by atoms with Crippen molar-refractivity contribution >= 4 is 0 Å². The van der Waals surface area contributed by atoms with Crippen LogP contribution in [0.4, 0.5) is 0 Å². The minimum Gasteiger partial charge on any atom is -0.390 e. The highest BCUT2D eigenvalue weighted by molar-refractivity contribution is 5.63. The zero-order valence-corrected chi connectivity index (χ0v) is 10.8. The van der Waals surface area contributed by atoms with Gasteiger partial charge in [-0.25, -0.2) is 0 Å². The van der Waals surface area contributed by atoms with Crippen molar-refractivity contribution in [1.82, 2.24) is 14.8 Å². The van der Waals surface area contributed by atoms with Crippen LogP contribution in [0.1, 0.15) is 17.0 Å². The van der Waals surface area contributed by atoms with Crippen molar-refractivity contribution < 1.29 is 9.84 Å². The Bertz CT molecular complexity index is 532. The second-order valence-corrected chi connectivity index (χ2v) is 4.18. The molecule has 0 radical (unpaired) electrons. The Morgan fingerprint density at radius 1 is 1.39 bits per heavy atom. The predicted octanol–water partition coefficient (Wildman–Crippen LogP) is 1.43. The SMILES string of the molecule is COCc1c(CO)nn(C)c1-c1ccc(C)nc1. The molecule has 0 saturated carbocycles. The molecule has 96 valence electrons. The quantitative estimate of drug-likeness (QED) is 0.888. The maximum atomic E-state index is 9.33. The van der Waals surface area contributed by atoms with Crippen LogP contribution in [0.15, 0.2) is 18.3 Å². The first kappa shape index (κ1) is 12.7. The lowest BCUT2D eigenvalue weighted by molar-refractivity contribution is 0.181. The molecule has 0 aliphatic carbocycles. The Kier molecular flexibility index (Phi) is 3.74. The molecule has 2 aromatic heterocycles. The highest BCUT2D eigenvalue weighted by Gasteiger charge is 2.16. The van der Waals surface area contributed by atoms with Gasteiger partial charge in [0.15, 0.2) is 0 Å². The molecule has 0 aliphatic heterocycles. The van der Waals surface area contributed by atoms with Crippen LogP contribution in [-0.2, 0) is 25.0 Å². The van der Waals surface area contributed by atoms with Crippen molar-refractivity contribution in [1.29, 1.82) is 0 Å². The molecule has 0 fully saturated rings. The summed E-state index contributed by atoms with van der Waals surface area (Å²) in [7, 11) is 3.48. The molecular formula is C13H17N3O2. The smallest absolute Gasteiger partial charge is 0.0940 e. The number of methoxy groups -OCH3 is 1. The van der Waals surface area contributed by atoms with Crippen LogP contribution in [0.25, 0.3) is 11.3 Å². The zero-order valence-electron chi connectivity index (χ0n) is 10.8. The summed E-state index contributed by atoms with van der Waals surface area (Å²) >= 11 is 0. The number of nitrogens with zero attached hydrogens (tertiary/aromatic N) is 3. The summed E-state index contributed by atoms with van der Waals surface area (Å²) in [5.41, 5.74) is 4.44. The number of ether oxygens (including phenoxy) is 1. The second kappa shape index (κ2) is 5.29. The van der Waals surface area contributed by atoms with E-state index in [4.69, 9.17) is 4.74 Å². The van der Waals surface area contributed by atoms with Crippen LogP contribution in [0.2, 0.25) is 0 Å². The number of hydrogen-bond donors (Lipinski definition) is 1. The number of aryl methyl sites for hydroxylation is 2. The summed E-state index contributed by atoms with van der Waals surface area (Å²) in [5.74, 6) is 0. The number of rotatable bonds is 4. The summed E-state index contributed by atoms with van der Waals surface area (Å²) in [5, 5.41) is 13.6. The lowest BCUT2D eigenvalue weighted by Gasteiger charge is -2.06. The second-order valence-electron chi connectivity index (χ2n) is 4.18. The van der Waals surface area contributed by atoms with E-state index >= 15 is 0 Å². The van der Waals surface area contributed by atoms with Crippen LogP contribution >= 0.6 is 0 Å². The third kappa shape index (κ3) is 2.27. The number of aromatic nitrogens is 3. The van der Waals surface area contributed by atoms with Gasteiger partial charge in [0.05, 0.1) is 24.6 Å². The first-order valence-electron chi connectivity index (χ1n) is 5.75. The highest BCUT2D eigenvalue weighted by Crippen LogP contribution is 2.26. The fraction of sp³-hybridized carbons (Fsp3) is 0.385. The minimum absolute atomic E-state index is 0.0914. The maximum absolute atomic E-state index is 9.33. The van der Waals surface area contributed by atoms with E-state index in [9.17, 15) is 5.11 Å². The minimum atomic E-state index is -0.0914. The molecule has 0 saturated heterocycles. The molecule has 0 bridgehead atoms. The number of hydrogen-bond acceptors (Lipinski definition) is 4. The van der Waals surface area contributed by atoms with Gasteiger partial charge in [-0.2, -0.15) is 5.10 Å². The monoisotopic (exact) mass is 247 g/mol. The molecule has 5 heteroatoms. The van der Waals surface area contributed by atoms with Gasteiger partial charge in [0, 0.05) is 37.2 Å². The Labute approximate surface area is 106 Å². The van der Waals surface area contributed by atoms with Crippen molar-refractivity contribution in [3.8, 4) is 11.3 Å². The topological polar surface area (TPSA) is 60.2 Å². The Morgan fingerprint density at radius 3 is 2.72 bits per heavy atom.